The second-order valence-electron chi connectivity index (χ2n) is 9.23. The standard InChI is InChI=1S/C20H21BN8O4/c1-11-6-14-23-10-24-27(14)8-12(11)25-16-22-7-13-15(26-16)29(17(30)28(13)20(21,32)33)18-2-4-19(31,9-18)5-3-18/h6-8,10,31-33H,2-5,9H2,1H3,(H,22,25,26). The summed E-state index contributed by atoms with van der Waals surface area (Å²) in [5, 5.41) is 38.2. The summed E-state index contributed by atoms with van der Waals surface area (Å²) in [6.07, 6.45) is 7.20. The van der Waals surface area contributed by atoms with Crippen molar-refractivity contribution in [3.05, 3.63) is 40.8 Å². The van der Waals surface area contributed by atoms with E-state index in [1.54, 1.807) is 10.7 Å². The third-order valence-electron chi connectivity index (χ3n) is 7.03. The van der Waals surface area contributed by atoms with Gasteiger partial charge in [-0.05, 0) is 50.7 Å². The van der Waals surface area contributed by atoms with Gasteiger partial charge in [-0.1, -0.05) is 0 Å². The van der Waals surface area contributed by atoms with E-state index in [9.17, 15) is 20.1 Å². The Labute approximate surface area is 188 Å². The highest BCUT2D eigenvalue weighted by molar-refractivity contribution is 6.11. The first kappa shape index (κ1) is 20.3. The number of fused-ring (bicyclic) bond motifs is 4. The van der Waals surface area contributed by atoms with Crippen molar-refractivity contribution < 1.29 is 15.3 Å². The SMILES string of the molecule is [B]C(O)(O)n1c(=O)n(C23CCC(O)(CC2)C3)c2nc(Nc3cn4ncnc4cc3C)ncc21. The van der Waals surface area contributed by atoms with E-state index in [2.05, 4.69) is 25.4 Å². The second-order valence-corrected chi connectivity index (χ2v) is 9.23. The van der Waals surface area contributed by atoms with E-state index in [-0.39, 0.29) is 17.1 Å². The fraction of sp³-hybridized carbons (Fsp3) is 0.450. The van der Waals surface area contributed by atoms with Crippen LogP contribution in [0.1, 0.15) is 37.7 Å². The molecule has 33 heavy (non-hydrogen) atoms. The van der Waals surface area contributed by atoms with E-state index < -0.39 is 22.6 Å². The van der Waals surface area contributed by atoms with Crippen molar-refractivity contribution >= 4 is 36.3 Å². The van der Waals surface area contributed by atoms with E-state index in [1.165, 1.54) is 17.1 Å². The molecule has 2 radical (unpaired) electrons. The minimum Gasteiger partial charge on any atom is -0.390 e. The Balaban J connectivity index is 1.52. The molecule has 4 N–H and O–H groups in total. The summed E-state index contributed by atoms with van der Waals surface area (Å²) in [6.45, 7) is 1.90. The molecule has 0 atom stereocenters. The third kappa shape index (κ3) is 2.92. The van der Waals surface area contributed by atoms with Gasteiger partial charge in [-0.15, -0.1) is 0 Å². The zero-order valence-corrected chi connectivity index (χ0v) is 17.8. The third-order valence-corrected chi connectivity index (χ3v) is 7.03. The minimum absolute atomic E-state index is 0.0817. The first-order valence-electron chi connectivity index (χ1n) is 10.6. The number of aliphatic hydroxyl groups is 3. The average Bonchev–Trinajstić information content (AvgIpc) is 3.47. The lowest BCUT2D eigenvalue weighted by Gasteiger charge is -2.28. The molecule has 13 heteroatoms. The van der Waals surface area contributed by atoms with E-state index in [4.69, 9.17) is 7.85 Å². The van der Waals surface area contributed by atoms with Gasteiger partial charge in [0, 0.05) is 0 Å². The van der Waals surface area contributed by atoms with Crippen molar-refractivity contribution in [3.63, 3.8) is 0 Å². The highest BCUT2D eigenvalue weighted by Crippen LogP contribution is 2.55. The van der Waals surface area contributed by atoms with Crippen molar-refractivity contribution in [2.24, 2.45) is 0 Å². The molecule has 4 aromatic rings. The number of pyridine rings is 1. The van der Waals surface area contributed by atoms with Gasteiger partial charge in [0.1, 0.15) is 11.8 Å². The Bertz CT molecular complexity index is 1480. The van der Waals surface area contributed by atoms with Crippen LogP contribution in [0.4, 0.5) is 11.6 Å². The van der Waals surface area contributed by atoms with Crippen LogP contribution >= 0.6 is 0 Å². The molecule has 2 aliphatic carbocycles. The summed E-state index contributed by atoms with van der Waals surface area (Å²) >= 11 is 0. The number of nitrogens with one attached hydrogen (secondary N) is 1. The second kappa shape index (κ2) is 6.40. The number of rotatable bonds is 4. The molecule has 0 unspecified atom stereocenters. The molecule has 12 nitrogen and oxygen atoms in total. The van der Waals surface area contributed by atoms with Crippen molar-refractivity contribution in [3.8, 4) is 0 Å². The van der Waals surface area contributed by atoms with Crippen LogP contribution in [0.5, 0.6) is 0 Å². The van der Waals surface area contributed by atoms with Gasteiger partial charge >= 0.3 is 5.69 Å². The molecule has 0 amide bonds. The molecule has 4 heterocycles. The van der Waals surface area contributed by atoms with Gasteiger partial charge in [-0.3, -0.25) is 4.57 Å². The van der Waals surface area contributed by atoms with Gasteiger partial charge in [0.15, 0.2) is 25.0 Å². The maximum absolute atomic E-state index is 13.4. The summed E-state index contributed by atoms with van der Waals surface area (Å²) in [5.41, 5.74) is 0.337. The van der Waals surface area contributed by atoms with Crippen molar-refractivity contribution in [2.75, 3.05) is 5.32 Å². The normalized spacial score (nSPS) is 24.8. The first-order valence-corrected chi connectivity index (χ1v) is 10.6. The number of hydrogen-bond acceptors (Lipinski definition) is 9. The average molecular weight is 448 g/mol. The van der Waals surface area contributed by atoms with Crippen molar-refractivity contribution in [1.82, 2.24) is 33.7 Å². The van der Waals surface area contributed by atoms with Crippen LogP contribution in [0.25, 0.3) is 16.8 Å². The minimum atomic E-state index is -2.93. The van der Waals surface area contributed by atoms with E-state index in [1.807, 2.05) is 13.0 Å². The molecule has 4 aromatic heterocycles. The van der Waals surface area contributed by atoms with Crippen LogP contribution in [0.15, 0.2) is 29.6 Å². The number of aryl methyl sites for hydroxylation is 1. The lowest BCUT2D eigenvalue weighted by Crippen LogP contribution is -2.45. The topological polar surface area (TPSA) is 156 Å². The van der Waals surface area contributed by atoms with E-state index >= 15 is 0 Å². The Morgan fingerprint density at radius 3 is 2.64 bits per heavy atom. The summed E-state index contributed by atoms with van der Waals surface area (Å²) in [6, 6.07) is 1.86. The molecule has 168 valence electrons. The molecule has 2 bridgehead atoms. The van der Waals surface area contributed by atoms with Crippen LogP contribution in [0.3, 0.4) is 0 Å². The molecular formula is C20H21BN8O4. The quantitative estimate of drug-likeness (QED) is 0.246. The van der Waals surface area contributed by atoms with Crippen LogP contribution in [-0.4, -0.2) is 62.5 Å². The highest BCUT2D eigenvalue weighted by atomic mass is 16.5. The predicted octanol–water partition coefficient (Wildman–Crippen LogP) is -0.187. The van der Waals surface area contributed by atoms with Crippen LogP contribution < -0.4 is 11.0 Å². The van der Waals surface area contributed by atoms with Gasteiger partial charge < -0.3 is 20.6 Å². The lowest BCUT2D eigenvalue weighted by atomic mass is 9.92. The Morgan fingerprint density at radius 1 is 1.21 bits per heavy atom. The predicted molar refractivity (Wildman–Crippen MR) is 117 cm³/mol. The summed E-state index contributed by atoms with van der Waals surface area (Å²) < 4.78 is 3.72. The molecule has 2 fully saturated rings. The largest absolute Gasteiger partial charge is 0.390 e. The van der Waals surface area contributed by atoms with E-state index in [0.29, 0.717) is 48.0 Å². The van der Waals surface area contributed by atoms with Crippen LogP contribution in [-0.2, 0) is 11.3 Å². The molecule has 0 aromatic carbocycles. The fourth-order valence-electron chi connectivity index (χ4n) is 5.45. The zero-order valence-electron chi connectivity index (χ0n) is 17.8. The maximum atomic E-state index is 13.4. The fourth-order valence-corrected chi connectivity index (χ4v) is 5.45. The zero-order chi connectivity index (χ0) is 23.2. The number of anilines is 2. The number of imidazole rings is 1. The summed E-state index contributed by atoms with van der Waals surface area (Å²) in [4.78, 5) is 26.4. The molecule has 0 aliphatic heterocycles. The van der Waals surface area contributed by atoms with Gasteiger partial charge in [0.2, 0.25) is 5.95 Å². The summed E-state index contributed by atoms with van der Waals surface area (Å²) in [5.74, 6) is -2.73. The van der Waals surface area contributed by atoms with Crippen LogP contribution in [0, 0.1) is 6.92 Å². The van der Waals surface area contributed by atoms with E-state index in [0.717, 1.165) is 5.56 Å². The van der Waals surface area contributed by atoms with Crippen molar-refractivity contribution in [1.29, 1.82) is 0 Å². The molecule has 0 spiro atoms. The molecular weight excluding hydrogens is 427 g/mol. The van der Waals surface area contributed by atoms with Gasteiger partial charge in [0.05, 0.1) is 29.2 Å². The van der Waals surface area contributed by atoms with Gasteiger partial charge in [-0.25, -0.2) is 23.8 Å². The first-order chi connectivity index (χ1) is 15.6. The number of nitrogens with zero attached hydrogens (tertiary/aromatic N) is 7. The number of aromatic nitrogens is 7. The maximum Gasteiger partial charge on any atom is 0.334 e. The molecule has 2 aliphatic rings. The Hall–Kier alpha value is -3.29. The smallest absolute Gasteiger partial charge is 0.334 e. The summed E-state index contributed by atoms with van der Waals surface area (Å²) in [7, 11) is 5.51. The molecule has 0 saturated heterocycles. The monoisotopic (exact) mass is 448 g/mol. The number of hydrogen-bond donors (Lipinski definition) is 4. The Morgan fingerprint density at radius 2 is 1.97 bits per heavy atom. The highest BCUT2D eigenvalue weighted by Gasteiger charge is 2.56. The molecule has 6 rings (SSSR count). The van der Waals surface area contributed by atoms with Gasteiger partial charge in [-0.2, -0.15) is 10.1 Å². The van der Waals surface area contributed by atoms with Crippen molar-refractivity contribution in [2.45, 2.75) is 56.0 Å². The van der Waals surface area contributed by atoms with Crippen LogP contribution in [0.2, 0.25) is 0 Å². The lowest BCUT2D eigenvalue weighted by molar-refractivity contribution is -0.151. The Kier molecular flexibility index (Phi) is 3.94. The molecule has 2 saturated carbocycles. The van der Waals surface area contributed by atoms with Gasteiger partial charge in [0.25, 0.3) is 0 Å².